The van der Waals surface area contributed by atoms with E-state index in [0.29, 0.717) is 21.9 Å². The van der Waals surface area contributed by atoms with Gasteiger partial charge in [-0.2, -0.15) is 9.97 Å². The van der Waals surface area contributed by atoms with Crippen LogP contribution in [0.1, 0.15) is 11.1 Å². The van der Waals surface area contributed by atoms with E-state index in [4.69, 9.17) is 34.7 Å². The summed E-state index contributed by atoms with van der Waals surface area (Å²) in [5.74, 6) is 1.36. The lowest BCUT2D eigenvalue weighted by Gasteiger charge is -2.09. The van der Waals surface area contributed by atoms with E-state index in [-0.39, 0.29) is 11.9 Å². The number of aryl methyl sites for hydroxylation is 2. The summed E-state index contributed by atoms with van der Waals surface area (Å²) in [6.45, 7) is 0. The van der Waals surface area contributed by atoms with Gasteiger partial charge in [-0.25, -0.2) is 9.97 Å². The van der Waals surface area contributed by atoms with Gasteiger partial charge in [0, 0.05) is 23.5 Å². The molecule has 4 rings (SSSR count). The molecule has 162 valence electrons. The third-order valence-electron chi connectivity index (χ3n) is 4.58. The number of anilines is 6. The molecule has 0 saturated heterocycles. The molecule has 0 aliphatic rings. The normalized spacial score (nSPS) is 10.7. The van der Waals surface area contributed by atoms with Crippen LogP contribution < -0.4 is 22.1 Å². The van der Waals surface area contributed by atoms with Gasteiger partial charge in [-0.1, -0.05) is 47.5 Å². The van der Waals surface area contributed by atoms with Gasteiger partial charge in [-0.05, 0) is 48.2 Å². The van der Waals surface area contributed by atoms with Gasteiger partial charge in [-0.3, -0.25) is 0 Å². The van der Waals surface area contributed by atoms with Gasteiger partial charge in [0.25, 0.3) is 0 Å². The highest BCUT2D eigenvalue weighted by Gasteiger charge is 2.04. The lowest BCUT2D eigenvalue weighted by atomic mass is 10.0. The van der Waals surface area contributed by atoms with Crippen molar-refractivity contribution in [3.8, 4) is 0 Å². The second-order valence-corrected chi connectivity index (χ2v) is 7.79. The van der Waals surface area contributed by atoms with E-state index in [1.807, 2.05) is 24.3 Å². The van der Waals surface area contributed by atoms with Crippen LogP contribution in [0, 0.1) is 0 Å². The van der Waals surface area contributed by atoms with E-state index in [0.717, 1.165) is 24.2 Å². The number of hydrogen-bond acceptors (Lipinski definition) is 8. The summed E-state index contributed by atoms with van der Waals surface area (Å²) in [4.78, 5) is 15.9. The first-order valence-electron chi connectivity index (χ1n) is 9.75. The zero-order valence-electron chi connectivity index (χ0n) is 16.9. The minimum absolute atomic E-state index is 0.128. The van der Waals surface area contributed by atoms with Crippen LogP contribution in [-0.4, -0.2) is 19.9 Å². The number of halogens is 2. The maximum absolute atomic E-state index is 5.91. The minimum atomic E-state index is 0.128. The van der Waals surface area contributed by atoms with E-state index in [2.05, 4.69) is 54.8 Å². The molecule has 0 radical (unpaired) electrons. The van der Waals surface area contributed by atoms with Crippen LogP contribution in [0.15, 0.2) is 60.7 Å². The summed E-state index contributed by atoms with van der Waals surface area (Å²) in [5.41, 5.74) is 15.5. The number of aromatic nitrogens is 4. The highest BCUT2D eigenvalue weighted by molar-refractivity contribution is 6.30. The number of nitrogens with zero attached hydrogens (tertiary/aromatic N) is 4. The summed E-state index contributed by atoms with van der Waals surface area (Å²) in [7, 11) is 0. The van der Waals surface area contributed by atoms with Crippen LogP contribution in [0.5, 0.6) is 0 Å². The van der Waals surface area contributed by atoms with Crippen LogP contribution >= 0.6 is 23.2 Å². The van der Waals surface area contributed by atoms with Crippen LogP contribution in [0.2, 0.25) is 10.3 Å². The average Bonchev–Trinajstić information content (AvgIpc) is 2.73. The fourth-order valence-electron chi connectivity index (χ4n) is 3.09. The molecule has 8 nitrogen and oxygen atoms in total. The van der Waals surface area contributed by atoms with Crippen LogP contribution in [0.25, 0.3) is 0 Å². The molecule has 2 heterocycles. The van der Waals surface area contributed by atoms with Crippen molar-refractivity contribution in [1.82, 2.24) is 19.9 Å². The second kappa shape index (κ2) is 9.67. The zero-order chi connectivity index (χ0) is 22.5. The topological polar surface area (TPSA) is 128 Å². The SMILES string of the molecule is Nc1nc(Cl)cc(Nc2ccc(CCc3ccc(Nc4cc(Cl)nc(N)n4)cc3)cc2)n1. The Hall–Kier alpha value is -3.62. The molecule has 0 spiro atoms. The maximum atomic E-state index is 5.91. The molecular formula is C22H20Cl2N8. The van der Waals surface area contributed by atoms with Gasteiger partial charge < -0.3 is 22.1 Å². The first-order valence-corrected chi connectivity index (χ1v) is 10.5. The molecule has 10 heteroatoms. The molecule has 0 aliphatic heterocycles. The molecule has 2 aromatic heterocycles. The van der Waals surface area contributed by atoms with E-state index >= 15 is 0 Å². The molecule has 0 atom stereocenters. The first-order chi connectivity index (χ1) is 15.4. The predicted molar refractivity (Wildman–Crippen MR) is 130 cm³/mol. The number of hydrogen-bond donors (Lipinski definition) is 4. The predicted octanol–water partition coefficient (Wildman–Crippen LogP) is 5.01. The van der Waals surface area contributed by atoms with Gasteiger partial charge in [0.2, 0.25) is 11.9 Å². The lowest BCUT2D eigenvalue weighted by molar-refractivity contribution is 0.960. The smallest absolute Gasteiger partial charge is 0.223 e. The minimum Gasteiger partial charge on any atom is -0.368 e. The van der Waals surface area contributed by atoms with E-state index in [1.54, 1.807) is 12.1 Å². The summed E-state index contributed by atoms with van der Waals surface area (Å²) < 4.78 is 0. The standard InChI is InChI=1S/C22H20Cl2N8/c23-17-11-19(31-21(25)29-17)27-15-7-3-13(4-8-15)1-2-14-5-9-16(10-6-14)28-20-12-18(24)30-22(26)32-20/h3-12H,1-2H2,(H3,25,27,29,31)(H3,26,28,30,32). The Bertz CT molecular complexity index is 1080. The van der Waals surface area contributed by atoms with Crippen molar-refractivity contribution in [1.29, 1.82) is 0 Å². The Balaban J connectivity index is 1.32. The van der Waals surface area contributed by atoms with Crippen molar-refractivity contribution in [2.75, 3.05) is 22.1 Å². The molecule has 32 heavy (non-hydrogen) atoms. The van der Waals surface area contributed by atoms with Crippen molar-refractivity contribution in [3.63, 3.8) is 0 Å². The van der Waals surface area contributed by atoms with Crippen molar-refractivity contribution in [2.24, 2.45) is 0 Å². The summed E-state index contributed by atoms with van der Waals surface area (Å²) in [6, 6.07) is 19.5. The monoisotopic (exact) mass is 466 g/mol. The van der Waals surface area contributed by atoms with E-state index < -0.39 is 0 Å². The van der Waals surface area contributed by atoms with E-state index in [9.17, 15) is 0 Å². The molecule has 0 fully saturated rings. The van der Waals surface area contributed by atoms with Crippen molar-refractivity contribution >= 4 is 58.1 Å². The van der Waals surface area contributed by atoms with Gasteiger partial charge >= 0.3 is 0 Å². The fourth-order valence-corrected chi connectivity index (χ4v) is 3.47. The third kappa shape index (κ3) is 5.96. The summed E-state index contributed by atoms with van der Waals surface area (Å²) >= 11 is 11.8. The Morgan fingerprint density at radius 1 is 0.594 bits per heavy atom. The van der Waals surface area contributed by atoms with E-state index in [1.165, 1.54) is 11.1 Å². The summed E-state index contributed by atoms with van der Waals surface area (Å²) in [5, 5.41) is 6.93. The Morgan fingerprint density at radius 3 is 1.31 bits per heavy atom. The van der Waals surface area contributed by atoms with Crippen LogP contribution in [-0.2, 0) is 12.8 Å². The lowest BCUT2D eigenvalue weighted by Crippen LogP contribution is -2.00. The number of benzene rings is 2. The molecule has 4 aromatic rings. The van der Waals surface area contributed by atoms with Gasteiger partial charge in [0.05, 0.1) is 0 Å². The van der Waals surface area contributed by atoms with Gasteiger partial charge in [0.15, 0.2) is 0 Å². The zero-order valence-corrected chi connectivity index (χ0v) is 18.4. The van der Waals surface area contributed by atoms with Crippen molar-refractivity contribution in [3.05, 3.63) is 82.1 Å². The highest BCUT2D eigenvalue weighted by Crippen LogP contribution is 2.21. The Morgan fingerprint density at radius 2 is 0.969 bits per heavy atom. The molecule has 2 aromatic carbocycles. The number of nitrogens with two attached hydrogens (primary N) is 2. The van der Waals surface area contributed by atoms with Gasteiger partial charge in [0.1, 0.15) is 21.9 Å². The molecule has 0 amide bonds. The van der Waals surface area contributed by atoms with Crippen molar-refractivity contribution < 1.29 is 0 Å². The second-order valence-electron chi connectivity index (χ2n) is 7.01. The number of nitrogen functional groups attached to an aromatic ring is 2. The fraction of sp³-hybridized carbons (Fsp3) is 0.0909. The molecule has 6 N–H and O–H groups in total. The molecule has 0 saturated carbocycles. The first kappa shape index (κ1) is 21.6. The molecule has 0 aliphatic carbocycles. The largest absolute Gasteiger partial charge is 0.368 e. The average molecular weight is 467 g/mol. The summed E-state index contributed by atoms with van der Waals surface area (Å²) in [6.07, 6.45) is 1.83. The third-order valence-corrected chi connectivity index (χ3v) is 4.97. The molecule has 0 bridgehead atoms. The quantitative estimate of drug-likeness (QED) is 0.279. The Kier molecular flexibility index (Phi) is 6.53. The molecule has 0 unspecified atom stereocenters. The number of nitrogens with one attached hydrogen (secondary N) is 2. The van der Waals surface area contributed by atoms with Crippen LogP contribution in [0.3, 0.4) is 0 Å². The van der Waals surface area contributed by atoms with Crippen molar-refractivity contribution in [2.45, 2.75) is 12.8 Å². The maximum Gasteiger partial charge on any atom is 0.223 e. The van der Waals surface area contributed by atoms with Crippen LogP contribution in [0.4, 0.5) is 34.9 Å². The highest BCUT2D eigenvalue weighted by atomic mass is 35.5. The molecular weight excluding hydrogens is 447 g/mol. The van der Waals surface area contributed by atoms with Gasteiger partial charge in [-0.15, -0.1) is 0 Å². The Labute approximate surface area is 195 Å². The number of rotatable bonds is 7.